The second-order valence-electron chi connectivity index (χ2n) is 7.40. The SMILES string of the molecule is COc1ccc(N(CC(=O)N/N=C\c2cc(OC)c(OC)c(OC)c2)S(=O)(=O)c2ccccc2)cc1Cl. The number of amides is 1. The standard InChI is InChI=1S/C25H26ClN3O7S/c1-33-21-11-10-18(14-20(21)26)29(37(31,32)19-8-6-5-7-9-19)16-24(30)28-27-15-17-12-22(34-2)25(36-4)23(13-17)35-3/h5-15H,16H2,1-4H3,(H,28,30)/b27-15-. The average Bonchev–Trinajstić information content (AvgIpc) is 2.91. The number of nitrogens with one attached hydrogen (secondary N) is 1. The molecule has 0 aliphatic rings. The van der Waals surface area contributed by atoms with Crippen LogP contribution in [0.3, 0.4) is 0 Å². The largest absolute Gasteiger partial charge is 0.495 e. The lowest BCUT2D eigenvalue weighted by molar-refractivity contribution is -0.119. The van der Waals surface area contributed by atoms with Crippen molar-refractivity contribution in [3.63, 3.8) is 0 Å². The third-order valence-electron chi connectivity index (χ3n) is 5.13. The Morgan fingerprint density at radius 3 is 2.08 bits per heavy atom. The molecule has 3 aromatic carbocycles. The summed E-state index contributed by atoms with van der Waals surface area (Å²) in [5.74, 6) is 0.903. The van der Waals surface area contributed by atoms with Crippen LogP contribution in [0, 0.1) is 0 Å². The summed E-state index contributed by atoms with van der Waals surface area (Å²) in [6.45, 7) is -0.563. The minimum atomic E-state index is -4.11. The molecule has 0 fully saturated rings. The van der Waals surface area contributed by atoms with Crippen LogP contribution < -0.4 is 28.7 Å². The number of carbonyl (C=O) groups excluding carboxylic acids is 1. The van der Waals surface area contributed by atoms with Crippen molar-refractivity contribution in [2.24, 2.45) is 5.10 Å². The molecule has 0 aliphatic heterocycles. The molecule has 0 atom stereocenters. The van der Waals surface area contributed by atoms with Crippen molar-refractivity contribution in [3.8, 4) is 23.0 Å². The Hall–Kier alpha value is -3.96. The number of benzene rings is 3. The van der Waals surface area contributed by atoms with Crippen molar-refractivity contribution in [2.45, 2.75) is 4.90 Å². The number of halogens is 1. The zero-order valence-corrected chi connectivity index (χ0v) is 22.2. The quantitative estimate of drug-likeness (QED) is 0.287. The van der Waals surface area contributed by atoms with Gasteiger partial charge in [-0.15, -0.1) is 0 Å². The molecule has 0 radical (unpaired) electrons. The highest BCUT2D eigenvalue weighted by atomic mass is 35.5. The Balaban J connectivity index is 1.87. The van der Waals surface area contributed by atoms with E-state index in [0.29, 0.717) is 28.6 Å². The van der Waals surface area contributed by atoms with Crippen molar-refractivity contribution < 1.29 is 32.2 Å². The van der Waals surface area contributed by atoms with Crippen LogP contribution in [0.4, 0.5) is 5.69 Å². The number of sulfonamides is 1. The van der Waals surface area contributed by atoms with E-state index in [2.05, 4.69) is 10.5 Å². The molecule has 0 heterocycles. The van der Waals surface area contributed by atoms with Gasteiger partial charge in [-0.25, -0.2) is 13.8 Å². The Kier molecular flexibility index (Phi) is 9.20. The average molecular weight is 548 g/mol. The minimum Gasteiger partial charge on any atom is -0.495 e. The highest BCUT2D eigenvalue weighted by Gasteiger charge is 2.27. The van der Waals surface area contributed by atoms with E-state index in [4.69, 9.17) is 30.5 Å². The second-order valence-corrected chi connectivity index (χ2v) is 9.66. The smallest absolute Gasteiger partial charge is 0.264 e. The molecule has 10 nitrogen and oxygen atoms in total. The highest BCUT2D eigenvalue weighted by molar-refractivity contribution is 7.92. The zero-order valence-electron chi connectivity index (χ0n) is 20.6. The Labute approximate surface area is 220 Å². The summed E-state index contributed by atoms with van der Waals surface area (Å²) in [4.78, 5) is 12.8. The molecule has 0 aromatic heterocycles. The summed E-state index contributed by atoms with van der Waals surface area (Å²) in [5.41, 5.74) is 3.08. The van der Waals surface area contributed by atoms with Gasteiger partial charge in [0, 0.05) is 5.56 Å². The summed E-state index contributed by atoms with van der Waals surface area (Å²) in [5, 5.41) is 4.14. The topological polar surface area (TPSA) is 116 Å². The van der Waals surface area contributed by atoms with Gasteiger partial charge in [-0.1, -0.05) is 29.8 Å². The normalized spacial score (nSPS) is 11.2. The number of rotatable bonds is 11. The molecular weight excluding hydrogens is 522 g/mol. The number of anilines is 1. The highest BCUT2D eigenvalue weighted by Crippen LogP contribution is 2.37. The van der Waals surface area contributed by atoms with Crippen molar-refractivity contribution in [2.75, 3.05) is 39.3 Å². The lowest BCUT2D eigenvalue weighted by Gasteiger charge is -2.24. The fraction of sp³-hybridized carbons (Fsp3) is 0.200. The van der Waals surface area contributed by atoms with Crippen LogP contribution in [0.5, 0.6) is 23.0 Å². The van der Waals surface area contributed by atoms with E-state index in [1.165, 1.54) is 65.0 Å². The molecule has 3 rings (SSSR count). The van der Waals surface area contributed by atoms with E-state index in [0.717, 1.165) is 4.31 Å². The van der Waals surface area contributed by atoms with Crippen LogP contribution in [0.1, 0.15) is 5.56 Å². The van der Waals surface area contributed by atoms with Gasteiger partial charge >= 0.3 is 0 Å². The fourth-order valence-corrected chi connectivity index (χ4v) is 5.05. The summed E-state index contributed by atoms with van der Waals surface area (Å²) in [6, 6.07) is 15.5. The summed E-state index contributed by atoms with van der Waals surface area (Å²) in [6.07, 6.45) is 1.36. The lowest BCUT2D eigenvalue weighted by atomic mass is 10.2. The predicted molar refractivity (Wildman–Crippen MR) is 141 cm³/mol. The predicted octanol–water partition coefficient (Wildman–Crippen LogP) is 3.72. The fourth-order valence-electron chi connectivity index (χ4n) is 3.37. The molecule has 12 heteroatoms. The van der Waals surface area contributed by atoms with Gasteiger partial charge in [0.2, 0.25) is 5.75 Å². The number of hydrazone groups is 1. The molecule has 0 aliphatic carbocycles. The van der Waals surface area contributed by atoms with Crippen LogP contribution >= 0.6 is 11.6 Å². The van der Waals surface area contributed by atoms with E-state index < -0.39 is 22.5 Å². The first-order chi connectivity index (χ1) is 17.7. The van der Waals surface area contributed by atoms with Crippen molar-refractivity contribution >= 4 is 39.4 Å². The molecule has 0 bridgehead atoms. The molecule has 1 amide bonds. The van der Waals surface area contributed by atoms with Gasteiger partial charge in [0.05, 0.1) is 50.3 Å². The number of ether oxygens (including phenoxy) is 4. The monoisotopic (exact) mass is 547 g/mol. The van der Waals surface area contributed by atoms with Gasteiger partial charge in [-0.2, -0.15) is 5.10 Å². The van der Waals surface area contributed by atoms with E-state index in [-0.39, 0.29) is 15.6 Å². The first-order valence-corrected chi connectivity index (χ1v) is 12.6. The van der Waals surface area contributed by atoms with Crippen molar-refractivity contribution in [3.05, 3.63) is 71.2 Å². The number of hydrogen-bond acceptors (Lipinski definition) is 8. The summed E-state index contributed by atoms with van der Waals surface area (Å²) < 4.78 is 48.8. The first kappa shape index (κ1) is 27.6. The Bertz CT molecular complexity index is 1360. The second kappa shape index (κ2) is 12.3. The van der Waals surface area contributed by atoms with Gasteiger partial charge in [0.15, 0.2) is 11.5 Å². The number of methoxy groups -OCH3 is 4. The Morgan fingerprint density at radius 1 is 0.919 bits per heavy atom. The van der Waals surface area contributed by atoms with Crippen LogP contribution in [-0.2, 0) is 14.8 Å². The van der Waals surface area contributed by atoms with Crippen molar-refractivity contribution in [1.29, 1.82) is 0 Å². The van der Waals surface area contributed by atoms with Gasteiger partial charge < -0.3 is 18.9 Å². The minimum absolute atomic E-state index is 0.00987. The zero-order chi connectivity index (χ0) is 27.0. The maximum absolute atomic E-state index is 13.4. The molecule has 1 N–H and O–H groups in total. The molecule has 0 saturated heterocycles. The summed E-state index contributed by atoms with van der Waals surface area (Å²) in [7, 11) is 1.77. The Morgan fingerprint density at radius 2 is 1.54 bits per heavy atom. The maximum Gasteiger partial charge on any atom is 0.264 e. The summed E-state index contributed by atoms with van der Waals surface area (Å²) >= 11 is 6.23. The third kappa shape index (κ3) is 6.43. The van der Waals surface area contributed by atoms with E-state index in [9.17, 15) is 13.2 Å². The van der Waals surface area contributed by atoms with Gasteiger partial charge in [-0.3, -0.25) is 9.10 Å². The van der Waals surface area contributed by atoms with Gasteiger partial charge in [-0.05, 0) is 42.5 Å². The molecule has 0 unspecified atom stereocenters. The number of hydrogen-bond donors (Lipinski definition) is 1. The van der Waals surface area contributed by atoms with Crippen molar-refractivity contribution in [1.82, 2.24) is 5.43 Å². The van der Waals surface area contributed by atoms with E-state index >= 15 is 0 Å². The van der Waals surface area contributed by atoms with Crippen LogP contribution in [0.2, 0.25) is 5.02 Å². The van der Waals surface area contributed by atoms with Crippen LogP contribution in [0.25, 0.3) is 0 Å². The number of nitrogens with zero attached hydrogens (tertiary/aromatic N) is 2. The van der Waals surface area contributed by atoms with E-state index in [1.807, 2.05) is 0 Å². The van der Waals surface area contributed by atoms with Gasteiger partial charge in [0.25, 0.3) is 15.9 Å². The van der Waals surface area contributed by atoms with Crippen LogP contribution in [-0.4, -0.2) is 55.5 Å². The molecule has 196 valence electrons. The van der Waals surface area contributed by atoms with Gasteiger partial charge in [0.1, 0.15) is 12.3 Å². The lowest BCUT2D eigenvalue weighted by Crippen LogP contribution is -2.39. The van der Waals surface area contributed by atoms with Crippen LogP contribution in [0.15, 0.2) is 70.7 Å². The maximum atomic E-state index is 13.4. The molecular formula is C25H26ClN3O7S. The molecule has 3 aromatic rings. The molecule has 0 spiro atoms. The number of carbonyl (C=O) groups is 1. The first-order valence-electron chi connectivity index (χ1n) is 10.8. The molecule has 0 saturated carbocycles. The third-order valence-corrected chi connectivity index (χ3v) is 7.22. The molecule has 37 heavy (non-hydrogen) atoms. The van der Waals surface area contributed by atoms with E-state index in [1.54, 1.807) is 30.3 Å².